The minimum atomic E-state index is -3.37. The molecule has 1 aromatic carbocycles. The summed E-state index contributed by atoms with van der Waals surface area (Å²) in [7, 11) is -3.37. The van der Waals surface area contributed by atoms with E-state index in [1.807, 2.05) is 6.07 Å². The summed E-state index contributed by atoms with van der Waals surface area (Å²) >= 11 is 0. The van der Waals surface area contributed by atoms with Crippen LogP contribution < -0.4 is 5.32 Å². The van der Waals surface area contributed by atoms with Crippen LogP contribution in [0, 0.1) is 25.2 Å². The van der Waals surface area contributed by atoms with Crippen LogP contribution in [0.25, 0.3) is 0 Å². The first-order valence-electron chi connectivity index (χ1n) is 11.2. The number of benzene rings is 1. The average molecular weight is 472 g/mol. The molecule has 2 unspecified atom stereocenters. The van der Waals surface area contributed by atoms with Crippen LogP contribution in [0.15, 0.2) is 33.7 Å². The Labute approximate surface area is 194 Å². The number of hydrogen-bond acceptors (Lipinski definition) is 8. The number of aryl methyl sites for hydroxylation is 2. The minimum absolute atomic E-state index is 0.0780. The Balaban J connectivity index is 1.27. The molecule has 2 fully saturated rings. The van der Waals surface area contributed by atoms with E-state index in [-0.39, 0.29) is 16.6 Å². The standard InChI is InChI=1S/C23H29N5O4S/c1-16-23(17(2)32-26-16)25-22(29)15-27-13-19-6-7-20(14-27)28(19)10-3-11-33(30,31)21-8-4-18(12-24)5-9-21/h4-5,8-9,19-20H,3,6-7,10-11,13-15H2,1-2H3,(H,25,29). The van der Waals surface area contributed by atoms with Gasteiger partial charge in [-0.15, -0.1) is 0 Å². The number of sulfone groups is 1. The zero-order valence-electron chi connectivity index (χ0n) is 19.0. The number of anilines is 1. The maximum Gasteiger partial charge on any atom is 0.238 e. The highest BCUT2D eigenvalue weighted by molar-refractivity contribution is 7.91. The predicted molar refractivity (Wildman–Crippen MR) is 122 cm³/mol. The molecule has 1 N–H and O–H groups in total. The summed E-state index contributed by atoms with van der Waals surface area (Å²) in [6, 6.07) is 8.76. The Kier molecular flexibility index (Phi) is 6.83. The molecule has 3 heterocycles. The van der Waals surface area contributed by atoms with Gasteiger partial charge in [0.2, 0.25) is 5.91 Å². The molecule has 2 aliphatic rings. The first-order chi connectivity index (χ1) is 15.8. The molecule has 1 aromatic heterocycles. The highest BCUT2D eigenvalue weighted by Gasteiger charge is 2.40. The molecule has 2 saturated heterocycles. The van der Waals surface area contributed by atoms with Crippen LogP contribution in [0.2, 0.25) is 0 Å². The Morgan fingerprint density at radius 3 is 2.45 bits per heavy atom. The van der Waals surface area contributed by atoms with Crippen LogP contribution in [0.5, 0.6) is 0 Å². The smallest absolute Gasteiger partial charge is 0.238 e. The van der Waals surface area contributed by atoms with Gasteiger partial charge in [-0.3, -0.25) is 14.6 Å². The summed E-state index contributed by atoms with van der Waals surface area (Å²) in [6.07, 6.45) is 2.69. The third kappa shape index (κ3) is 5.27. The number of nitrogens with one attached hydrogen (secondary N) is 1. The number of aromatic nitrogens is 1. The zero-order chi connectivity index (χ0) is 23.6. The molecule has 9 nitrogen and oxygen atoms in total. The molecule has 0 spiro atoms. The van der Waals surface area contributed by atoms with Gasteiger partial charge in [0, 0.05) is 25.2 Å². The van der Waals surface area contributed by atoms with Gasteiger partial charge in [0.25, 0.3) is 0 Å². The summed E-state index contributed by atoms with van der Waals surface area (Å²) in [6.45, 7) is 6.21. The Bertz CT molecular complexity index is 1120. The van der Waals surface area contributed by atoms with Crippen LogP contribution in [0.3, 0.4) is 0 Å². The average Bonchev–Trinajstić information content (AvgIpc) is 3.22. The van der Waals surface area contributed by atoms with Crippen molar-refractivity contribution in [2.45, 2.75) is 50.1 Å². The molecule has 176 valence electrons. The maximum atomic E-state index is 12.6. The highest BCUT2D eigenvalue weighted by Crippen LogP contribution is 2.30. The number of hydrogen-bond donors (Lipinski definition) is 1. The topological polar surface area (TPSA) is 120 Å². The second-order valence-electron chi connectivity index (χ2n) is 8.87. The van der Waals surface area contributed by atoms with Gasteiger partial charge in [0.05, 0.1) is 28.8 Å². The quantitative estimate of drug-likeness (QED) is 0.622. The van der Waals surface area contributed by atoms with Gasteiger partial charge >= 0.3 is 0 Å². The number of carbonyl (C=O) groups excluding carboxylic acids is 1. The van der Waals surface area contributed by atoms with E-state index in [4.69, 9.17) is 9.78 Å². The number of piperazine rings is 1. The van der Waals surface area contributed by atoms with Crippen LogP contribution in [-0.2, 0) is 14.6 Å². The van der Waals surface area contributed by atoms with Gasteiger partial charge < -0.3 is 9.84 Å². The van der Waals surface area contributed by atoms with Gasteiger partial charge in [-0.05, 0) is 63.9 Å². The van der Waals surface area contributed by atoms with Crippen molar-refractivity contribution in [1.82, 2.24) is 15.0 Å². The fourth-order valence-electron chi connectivity index (χ4n) is 4.91. The van der Waals surface area contributed by atoms with Gasteiger partial charge in [0.1, 0.15) is 11.4 Å². The van der Waals surface area contributed by atoms with Crippen molar-refractivity contribution in [2.24, 2.45) is 0 Å². The predicted octanol–water partition coefficient (Wildman–Crippen LogP) is 2.11. The number of carbonyl (C=O) groups is 1. The molecule has 2 aliphatic heterocycles. The summed E-state index contributed by atoms with van der Waals surface area (Å²) in [4.78, 5) is 17.4. The molecule has 1 amide bonds. The fourth-order valence-corrected chi connectivity index (χ4v) is 6.20. The third-order valence-electron chi connectivity index (χ3n) is 6.55. The SMILES string of the molecule is Cc1noc(C)c1NC(=O)CN1CC2CCC(C1)N2CCCS(=O)(=O)c1ccc(C#N)cc1. The second-order valence-corrected chi connectivity index (χ2v) is 11.0. The lowest BCUT2D eigenvalue weighted by molar-refractivity contribution is -0.118. The van der Waals surface area contributed by atoms with E-state index in [1.54, 1.807) is 13.8 Å². The fraction of sp³-hybridized carbons (Fsp3) is 0.522. The number of amides is 1. The van der Waals surface area contributed by atoms with Crippen molar-refractivity contribution >= 4 is 21.4 Å². The minimum Gasteiger partial charge on any atom is -0.359 e. The van der Waals surface area contributed by atoms with E-state index in [0.29, 0.717) is 47.8 Å². The van der Waals surface area contributed by atoms with Crippen molar-refractivity contribution < 1.29 is 17.7 Å². The summed E-state index contributed by atoms with van der Waals surface area (Å²) in [5.74, 6) is 0.603. The van der Waals surface area contributed by atoms with E-state index in [9.17, 15) is 13.2 Å². The number of fused-ring (bicyclic) bond motifs is 2. The van der Waals surface area contributed by atoms with Gasteiger partial charge in [-0.25, -0.2) is 8.42 Å². The van der Waals surface area contributed by atoms with Crippen LogP contribution in [0.1, 0.15) is 36.3 Å². The van der Waals surface area contributed by atoms with Crippen molar-refractivity contribution in [3.8, 4) is 6.07 Å². The maximum absolute atomic E-state index is 12.6. The highest BCUT2D eigenvalue weighted by atomic mass is 32.2. The van der Waals surface area contributed by atoms with Crippen LogP contribution in [0.4, 0.5) is 5.69 Å². The van der Waals surface area contributed by atoms with Crippen molar-refractivity contribution in [1.29, 1.82) is 5.26 Å². The second kappa shape index (κ2) is 9.63. The molecular formula is C23H29N5O4S. The summed E-state index contributed by atoms with van der Waals surface area (Å²) in [5, 5.41) is 15.7. The Morgan fingerprint density at radius 2 is 1.88 bits per heavy atom. The summed E-state index contributed by atoms with van der Waals surface area (Å²) in [5.41, 5.74) is 1.76. The lowest BCUT2D eigenvalue weighted by Crippen LogP contribution is -2.55. The number of likely N-dealkylation sites (tertiary alicyclic amines) is 1. The normalized spacial score (nSPS) is 21.1. The molecule has 2 aromatic rings. The van der Waals surface area contributed by atoms with E-state index in [2.05, 4.69) is 20.3 Å². The van der Waals surface area contributed by atoms with E-state index < -0.39 is 9.84 Å². The lowest BCUT2D eigenvalue weighted by atomic mass is 10.1. The van der Waals surface area contributed by atoms with E-state index in [1.165, 1.54) is 24.3 Å². The van der Waals surface area contributed by atoms with Crippen molar-refractivity contribution in [3.63, 3.8) is 0 Å². The number of nitrogens with zero attached hydrogens (tertiary/aromatic N) is 4. The van der Waals surface area contributed by atoms with Gasteiger partial charge in [0.15, 0.2) is 15.6 Å². The number of nitriles is 1. The van der Waals surface area contributed by atoms with Crippen molar-refractivity contribution in [2.75, 3.05) is 37.2 Å². The molecule has 0 radical (unpaired) electrons. The third-order valence-corrected chi connectivity index (χ3v) is 8.36. The molecule has 2 bridgehead atoms. The molecule has 2 atom stereocenters. The van der Waals surface area contributed by atoms with Gasteiger partial charge in [-0.2, -0.15) is 5.26 Å². The molecule has 10 heteroatoms. The molecule has 4 rings (SSSR count). The lowest BCUT2D eigenvalue weighted by Gasteiger charge is -2.40. The molecule has 0 aliphatic carbocycles. The van der Waals surface area contributed by atoms with E-state index >= 15 is 0 Å². The zero-order valence-corrected chi connectivity index (χ0v) is 19.8. The van der Waals surface area contributed by atoms with Crippen LogP contribution >= 0.6 is 0 Å². The van der Waals surface area contributed by atoms with E-state index in [0.717, 1.165) is 32.5 Å². The molecule has 0 saturated carbocycles. The monoisotopic (exact) mass is 471 g/mol. The van der Waals surface area contributed by atoms with Crippen molar-refractivity contribution in [3.05, 3.63) is 41.3 Å². The largest absolute Gasteiger partial charge is 0.359 e. The Morgan fingerprint density at radius 1 is 1.21 bits per heavy atom. The summed E-state index contributed by atoms with van der Waals surface area (Å²) < 4.78 is 30.4. The number of rotatable bonds is 8. The molecular weight excluding hydrogens is 442 g/mol. The van der Waals surface area contributed by atoms with Crippen LogP contribution in [-0.4, -0.2) is 73.3 Å². The Hall–Kier alpha value is -2.74. The van der Waals surface area contributed by atoms with Gasteiger partial charge in [-0.1, -0.05) is 5.16 Å². The first-order valence-corrected chi connectivity index (χ1v) is 12.9. The molecule has 33 heavy (non-hydrogen) atoms. The first kappa shape index (κ1) is 23.4.